The first-order valence-corrected chi connectivity index (χ1v) is 7.41. The molecule has 9 heteroatoms. The van der Waals surface area contributed by atoms with Crippen LogP contribution in [-0.4, -0.2) is 18.4 Å². The van der Waals surface area contributed by atoms with Crippen LogP contribution in [0.3, 0.4) is 0 Å². The van der Waals surface area contributed by atoms with Crippen LogP contribution in [0, 0.1) is 11.6 Å². The minimum atomic E-state index is -4.66. The Morgan fingerprint density at radius 3 is 2.50 bits per heavy atom. The average Bonchev–Trinajstić information content (AvgIpc) is 2.77. The Hall–Kier alpha value is -2.68. The van der Waals surface area contributed by atoms with Crippen LogP contribution in [0.25, 0.3) is 11.0 Å². The maximum Gasteiger partial charge on any atom is 0.345 e. The van der Waals surface area contributed by atoms with E-state index < -0.39 is 26.6 Å². The summed E-state index contributed by atoms with van der Waals surface area (Å²) >= 11 is 0. The number of hydrogen-bond acceptors (Lipinski definition) is 5. The van der Waals surface area contributed by atoms with Gasteiger partial charge in [0.15, 0.2) is 10.8 Å². The molecule has 0 aliphatic carbocycles. The van der Waals surface area contributed by atoms with Gasteiger partial charge in [-0.15, -0.1) is 0 Å². The molecule has 0 bridgehead atoms. The van der Waals surface area contributed by atoms with Gasteiger partial charge >= 0.3 is 10.1 Å². The second-order valence-corrected chi connectivity index (χ2v) is 5.87. The van der Waals surface area contributed by atoms with Crippen molar-refractivity contribution in [1.29, 1.82) is 0 Å². The van der Waals surface area contributed by atoms with Crippen LogP contribution in [0.1, 0.15) is 0 Å². The van der Waals surface area contributed by atoms with E-state index in [1.165, 1.54) is 18.2 Å². The van der Waals surface area contributed by atoms with Gasteiger partial charge in [-0.3, -0.25) is 0 Å². The molecule has 2 aromatic carbocycles. The number of nitrogens with two attached hydrogens (primary N) is 1. The highest BCUT2D eigenvalue weighted by atomic mass is 32.2. The summed E-state index contributed by atoms with van der Waals surface area (Å²) in [5.74, 6) is -2.45. The maximum atomic E-state index is 13.6. The fraction of sp³-hybridized carbons (Fsp3) is 0. The number of halogens is 2. The number of benzene rings is 2. The van der Waals surface area contributed by atoms with Gasteiger partial charge in [-0.2, -0.15) is 8.42 Å². The van der Waals surface area contributed by atoms with Crippen molar-refractivity contribution in [2.24, 2.45) is 0 Å². The standard InChI is InChI=1S/C13H9F2N3O3S/c14-8-2-1-3-9(15)12(8)22(19,20)21-7-4-5-10-11(6-7)18-13(16)17-10/h1-6H,(H3,16,17,18). The van der Waals surface area contributed by atoms with E-state index >= 15 is 0 Å². The number of nitrogens with one attached hydrogen (secondary N) is 1. The third-order valence-electron chi connectivity index (χ3n) is 2.85. The third-order valence-corrected chi connectivity index (χ3v) is 4.15. The summed E-state index contributed by atoms with van der Waals surface area (Å²) in [6, 6.07) is 6.81. The maximum absolute atomic E-state index is 13.6. The van der Waals surface area contributed by atoms with E-state index in [4.69, 9.17) is 9.92 Å². The molecule has 0 aliphatic heterocycles. The van der Waals surface area contributed by atoms with Gasteiger partial charge in [0.05, 0.1) is 11.0 Å². The van der Waals surface area contributed by atoms with Gasteiger partial charge in [-0.05, 0) is 24.3 Å². The molecule has 0 unspecified atom stereocenters. The number of imidazole rings is 1. The molecule has 0 aliphatic rings. The molecule has 3 N–H and O–H groups in total. The summed E-state index contributed by atoms with van der Waals surface area (Å²) < 4.78 is 56.0. The lowest BCUT2D eigenvalue weighted by molar-refractivity contribution is 0.460. The SMILES string of the molecule is Nc1nc2cc(OS(=O)(=O)c3c(F)cccc3F)ccc2[nH]1. The molecule has 0 atom stereocenters. The monoisotopic (exact) mass is 325 g/mol. The zero-order chi connectivity index (χ0) is 15.9. The number of nitrogen functional groups attached to an aromatic ring is 1. The van der Waals surface area contributed by atoms with Gasteiger partial charge in [-0.25, -0.2) is 13.8 Å². The minimum Gasteiger partial charge on any atom is -0.379 e. The molecule has 0 spiro atoms. The molecule has 22 heavy (non-hydrogen) atoms. The molecule has 0 fully saturated rings. The first-order chi connectivity index (χ1) is 10.4. The van der Waals surface area contributed by atoms with Crippen LogP contribution in [0.2, 0.25) is 0 Å². The molecule has 114 valence electrons. The van der Waals surface area contributed by atoms with Crippen LogP contribution < -0.4 is 9.92 Å². The highest BCUT2D eigenvalue weighted by Gasteiger charge is 2.26. The van der Waals surface area contributed by atoms with Gasteiger partial charge in [0, 0.05) is 6.07 Å². The van der Waals surface area contributed by atoms with Crippen LogP contribution in [-0.2, 0) is 10.1 Å². The van der Waals surface area contributed by atoms with Crippen LogP contribution >= 0.6 is 0 Å². The lowest BCUT2D eigenvalue weighted by atomic mass is 10.3. The summed E-state index contributed by atoms with van der Waals surface area (Å²) in [6.07, 6.45) is 0. The number of anilines is 1. The van der Waals surface area contributed by atoms with E-state index in [1.54, 1.807) is 0 Å². The Balaban J connectivity index is 2.02. The van der Waals surface area contributed by atoms with Gasteiger partial charge in [-0.1, -0.05) is 6.07 Å². The molecule has 0 radical (unpaired) electrons. The highest BCUT2D eigenvalue weighted by molar-refractivity contribution is 7.87. The van der Waals surface area contributed by atoms with Crippen molar-refractivity contribution in [3.8, 4) is 5.75 Å². The molecule has 0 saturated heterocycles. The van der Waals surface area contributed by atoms with Gasteiger partial charge in [0.25, 0.3) is 0 Å². The fourth-order valence-electron chi connectivity index (χ4n) is 1.95. The Kier molecular flexibility index (Phi) is 3.21. The summed E-state index contributed by atoms with van der Waals surface area (Å²) in [7, 11) is -4.66. The summed E-state index contributed by atoms with van der Waals surface area (Å²) in [6.45, 7) is 0. The molecule has 1 heterocycles. The van der Waals surface area contributed by atoms with E-state index in [0.717, 1.165) is 18.2 Å². The second-order valence-electron chi connectivity index (χ2n) is 4.39. The minimum absolute atomic E-state index is 0.137. The predicted molar refractivity (Wildman–Crippen MR) is 74.7 cm³/mol. The average molecular weight is 325 g/mol. The number of fused-ring (bicyclic) bond motifs is 1. The van der Waals surface area contributed by atoms with Crippen LogP contribution in [0.15, 0.2) is 41.3 Å². The predicted octanol–water partition coefficient (Wildman–Crippen LogP) is 2.19. The van der Waals surface area contributed by atoms with Gasteiger partial charge in [0.2, 0.25) is 0 Å². The molecular formula is C13H9F2N3O3S. The zero-order valence-corrected chi connectivity index (χ0v) is 11.7. The lowest BCUT2D eigenvalue weighted by Crippen LogP contribution is -2.13. The van der Waals surface area contributed by atoms with Crippen molar-refractivity contribution < 1.29 is 21.4 Å². The van der Waals surface area contributed by atoms with Crippen molar-refractivity contribution in [1.82, 2.24) is 9.97 Å². The smallest absolute Gasteiger partial charge is 0.345 e. The number of aromatic nitrogens is 2. The van der Waals surface area contributed by atoms with E-state index in [-0.39, 0.29) is 11.7 Å². The first-order valence-electron chi connectivity index (χ1n) is 6.00. The Labute approximate surface area is 123 Å². The lowest BCUT2D eigenvalue weighted by Gasteiger charge is -2.08. The second kappa shape index (κ2) is 4.95. The summed E-state index contributed by atoms with van der Waals surface area (Å²) in [5.41, 5.74) is 6.40. The molecule has 3 rings (SSSR count). The van der Waals surface area contributed by atoms with Gasteiger partial charge in [0.1, 0.15) is 17.4 Å². The number of H-pyrrole nitrogens is 1. The molecule has 0 amide bonds. The highest BCUT2D eigenvalue weighted by Crippen LogP contribution is 2.25. The van der Waals surface area contributed by atoms with Crippen molar-refractivity contribution in [2.75, 3.05) is 5.73 Å². The summed E-state index contributed by atoms with van der Waals surface area (Å²) in [4.78, 5) is 5.51. The first kappa shape index (κ1) is 14.3. The van der Waals surface area contributed by atoms with Crippen molar-refractivity contribution >= 4 is 27.1 Å². The topological polar surface area (TPSA) is 98.1 Å². The number of rotatable bonds is 3. The van der Waals surface area contributed by atoms with Crippen molar-refractivity contribution in [3.63, 3.8) is 0 Å². The van der Waals surface area contributed by atoms with E-state index in [9.17, 15) is 17.2 Å². The quantitative estimate of drug-likeness (QED) is 0.719. The Bertz CT molecular complexity index is 950. The van der Waals surface area contributed by atoms with Crippen LogP contribution in [0.4, 0.5) is 14.7 Å². The fourth-order valence-corrected chi connectivity index (χ4v) is 3.00. The molecule has 1 aromatic heterocycles. The van der Waals surface area contributed by atoms with Crippen LogP contribution in [0.5, 0.6) is 5.75 Å². The molecule has 0 saturated carbocycles. The molecular weight excluding hydrogens is 316 g/mol. The zero-order valence-electron chi connectivity index (χ0n) is 10.9. The normalized spacial score (nSPS) is 11.7. The molecule has 3 aromatic rings. The third kappa shape index (κ3) is 2.46. The van der Waals surface area contributed by atoms with E-state index in [1.807, 2.05) is 0 Å². The number of nitrogens with zero attached hydrogens (tertiary/aromatic N) is 1. The van der Waals surface area contributed by atoms with Crippen molar-refractivity contribution in [3.05, 3.63) is 48.0 Å². The number of aromatic amines is 1. The van der Waals surface area contributed by atoms with Crippen molar-refractivity contribution in [2.45, 2.75) is 4.90 Å². The van der Waals surface area contributed by atoms with E-state index in [2.05, 4.69) is 9.97 Å². The molecule has 6 nitrogen and oxygen atoms in total. The van der Waals surface area contributed by atoms with Gasteiger partial charge < -0.3 is 14.9 Å². The Morgan fingerprint density at radius 1 is 1.14 bits per heavy atom. The summed E-state index contributed by atoms with van der Waals surface area (Å²) in [5, 5.41) is 0. The number of hydrogen-bond donors (Lipinski definition) is 2. The Morgan fingerprint density at radius 2 is 1.82 bits per heavy atom. The largest absolute Gasteiger partial charge is 0.379 e. The van der Waals surface area contributed by atoms with E-state index in [0.29, 0.717) is 11.0 Å².